The minimum Gasteiger partial charge on any atom is -0.309 e. The smallest absolute Gasteiger partial charge is 0.164 e. The number of rotatable bonds is 5. The van der Waals surface area contributed by atoms with Crippen LogP contribution in [0.1, 0.15) is 0 Å². The lowest BCUT2D eigenvalue weighted by Gasteiger charge is -2.16. The molecule has 0 atom stereocenters. The van der Waals surface area contributed by atoms with Crippen LogP contribution in [0.3, 0.4) is 0 Å². The SMILES string of the molecule is c1ccc2cc3c(cc2c1)c1ccccc1n3-c1ccc(-c2nc(-c3cccc4sc5ccccc5c34)nc(-c3cccc4sc5ccccc5c34)n2)c(-c2cccc3c2sc2ccccc23)c1. The zero-order valence-corrected chi connectivity index (χ0v) is 38.6. The summed E-state index contributed by atoms with van der Waals surface area (Å²) in [6.45, 7) is 0. The largest absolute Gasteiger partial charge is 0.309 e. The molecule has 15 rings (SSSR count). The first-order valence-electron chi connectivity index (χ1n) is 22.7. The van der Waals surface area contributed by atoms with Gasteiger partial charge in [0.05, 0.1) is 11.0 Å². The van der Waals surface area contributed by atoms with Gasteiger partial charge in [-0.15, -0.1) is 34.0 Å². The number of hydrogen-bond acceptors (Lipinski definition) is 6. The molecule has 0 amide bonds. The molecule has 0 fully saturated rings. The summed E-state index contributed by atoms with van der Waals surface area (Å²) < 4.78 is 9.83. The Bertz CT molecular complexity index is 4460. The number of hydrogen-bond donors (Lipinski definition) is 0. The van der Waals surface area contributed by atoms with Crippen LogP contribution in [-0.4, -0.2) is 19.5 Å². The van der Waals surface area contributed by atoms with Crippen LogP contribution in [0.4, 0.5) is 0 Å². The van der Waals surface area contributed by atoms with Crippen molar-refractivity contribution >= 4 is 127 Å². The van der Waals surface area contributed by atoms with Gasteiger partial charge in [0.2, 0.25) is 0 Å². The molecular formula is C61H34N4S3. The summed E-state index contributed by atoms with van der Waals surface area (Å²) in [6.07, 6.45) is 0. The molecule has 0 saturated carbocycles. The van der Waals surface area contributed by atoms with Crippen LogP contribution in [0, 0.1) is 0 Å². The van der Waals surface area contributed by atoms with Crippen molar-refractivity contribution in [2.24, 2.45) is 0 Å². The molecule has 0 aliphatic rings. The quantitative estimate of drug-likeness (QED) is 0.173. The summed E-state index contributed by atoms with van der Waals surface area (Å²) in [5, 5.41) is 12.1. The Kier molecular flexibility index (Phi) is 8.24. The highest BCUT2D eigenvalue weighted by Gasteiger charge is 2.23. The Morgan fingerprint density at radius 1 is 0.294 bits per heavy atom. The third kappa shape index (κ3) is 5.67. The Hall–Kier alpha value is -8.07. The van der Waals surface area contributed by atoms with E-state index in [9.17, 15) is 0 Å². The van der Waals surface area contributed by atoms with Crippen molar-refractivity contribution in [3.8, 4) is 51.0 Å². The average molecular weight is 919 g/mol. The molecule has 0 aliphatic carbocycles. The van der Waals surface area contributed by atoms with Crippen LogP contribution in [0.15, 0.2) is 206 Å². The van der Waals surface area contributed by atoms with E-state index in [1.54, 1.807) is 0 Å². The van der Waals surface area contributed by atoms with Crippen LogP contribution in [-0.2, 0) is 0 Å². The topological polar surface area (TPSA) is 43.6 Å². The Labute approximate surface area is 401 Å². The molecule has 5 heterocycles. The summed E-state index contributed by atoms with van der Waals surface area (Å²) in [4.78, 5) is 16.7. The Balaban J connectivity index is 1.05. The zero-order chi connectivity index (χ0) is 44.5. The zero-order valence-electron chi connectivity index (χ0n) is 36.1. The van der Waals surface area contributed by atoms with E-state index in [1.165, 1.54) is 87.6 Å². The first-order chi connectivity index (χ1) is 33.7. The highest BCUT2D eigenvalue weighted by molar-refractivity contribution is 7.27. The maximum Gasteiger partial charge on any atom is 0.164 e. The van der Waals surface area contributed by atoms with Gasteiger partial charge in [-0.1, -0.05) is 140 Å². The number of thiophene rings is 3. The van der Waals surface area contributed by atoms with Gasteiger partial charge in [0.25, 0.3) is 0 Å². The minimum absolute atomic E-state index is 0.631. The first kappa shape index (κ1) is 38.1. The summed E-state index contributed by atoms with van der Waals surface area (Å²) in [5.74, 6) is 1.94. The number of aromatic nitrogens is 4. The van der Waals surface area contributed by atoms with Gasteiger partial charge >= 0.3 is 0 Å². The number of fused-ring (bicyclic) bond motifs is 13. The number of nitrogens with zero attached hydrogens (tertiary/aromatic N) is 4. The second-order valence-corrected chi connectivity index (χ2v) is 20.7. The summed E-state index contributed by atoms with van der Waals surface area (Å²) >= 11 is 5.47. The fourth-order valence-electron chi connectivity index (χ4n) is 10.6. The van der Waals surface area contributed by atoms with Crippen LogP contribution >= 0.6 is 34.0 Å². The maximum absolute atomic E-state index is 5.58. The van der Waals surface area contributed by atoms with E-state index in [0.29, 0.717) is 17.5 Å². The second-order valence-electron chi connectivity index (χ2n) is 17.4. The first-order valence-corrected chi connectivity index (χ1v) is 25.2. The van der Waals surface area contributed by atoms with Crippen molar-refractivity contribution in [3.05, 3.63) is 206 Å². The van der Waals surface area contributed by atoms with Crippen LogP contribution in [0.25, 0.3) is 144 Å². The van der Waals surface area contributed by atoms with E-state index < -0.39 is 0 Å². The molecule has 0 spiro atoms. The van der Waals surface area contributed by atoms with E-state index in [-0.39, 0.29) is 0 Å². The third-order valence-electron chi connectivity index (χ3n) is 13.7. The van der Waals surface area contributed by atoms with Crippen molar-refractivity contribution in [2.45, 2.75) is 0 Å². The van der Waals surface area contributed by atoms with Gasteiger partial charge in [-0.3, -0.25) is 0 Å². The Morgan fingerprint density at radius 2 is 0.794 bits per heavy atom. The molecule has 7 heteroatoms. The van der Waals surface area contributed by atoms with E-state index in [2.05, 4.69) is 211 Å². The number of benzene rings is 10. The fraction of sp³-hybridized carbons (Fsp3) is 0. The molecule has 0 aliphatic heterocycles. The average Bonchev–Trinajstić information content (AvgIpc) is 4.16. The van der Waals surface area contributed by atoms with Gasteiger partial charge in [0.1, 0.15) is 0 Å². The molecule has 15 aromatic rings. The van der Waals surface area contributed by atoms with Gasteiger partial charge in [-0.25, -0.2) is 15.0 Å². The monoisotopic (exact) mass is 918 g/mol. The van der Waals surface area contributed by atoms with Crippen molar-refractivity contribution in [2.75, 3.05) is 0 Å². The highest BCUT2D eigenvalue weighted by atomic mass is 32.1. The molecule has 10 aromatic carbocycles. The molecule has 0 bridgehead atoms. The van der Waals surface area contributed by atoms with Gasteiger partial charge in [-0.05, 0) is 83.1 Å². The summed E-state index contributed by atoms with van der Waals surface area (Å²) in [5.41, 5.74) is 8.54. The van der Waals surface area contributed by atoms with E-state index in [1.807, 2.05) is 34.0 Å². The molecule has 0 N–H and O–H groups in total. The second kappa shape index (κ2) is 14.7. The normalized spacial score (nSPS) is 12.1. The lowest BCUT2D eigenvalue weighted by atomic mass is 9.96. The molecule has 316 valence electrons. The lowest BCUT2D eigenvalue weighted by molar-refractivity contribution is 1.08. The summed E-state index contributed by atoms with van der Waals surface area (Å²) in [6, 6.07) is 74.9. The van der Waals surface area contributed by atoms with Crippen molar-refractivity contribution < 1.29 is 0 Å². The van der Waals surface area contributed by atoms with Crippen LogP contribution in [0.5, 0.6) is 0 Å². The van der Waals surface area contributed by atoms with E-state index in [0.717, 1.165) is 39.0 Å². The number of para-hydroxylation sites is 1. The highest BCUT2D eigenvalue weighted by Crippen LogP contribution is 2.46. The standard InChI is InChI=1S/C61H34N4S3/c1-2-15-36-33-50-48(32-35(36)14-1)38-16-3-7-24-49(38)65(50)37-30-31-42(47(34-37)41-21-11-20-40-39-17-4-8-25-51(39)68-58(40)41)59-62-60(45-22-12-28-54-56(45)43-18-5-9-26-52(43)66-54)64-61(63-59)46-23-13-29-55-57(46)44-19-6-10-27-53(44)67-55/h1-34H. The van der Waals surface area contributed by atoms with Gasteiger partial charge < -0.3 is 4.57 Å². The molecule has 0 unspecified atom stereocenters. The van der Waals surface area contributed by atoms with E-state index in [4.69, 9.17) is 15.0 Å². The predicted octanol–water partition coefficient (Wildman–Crippen LogP) is 17.9. The lowest BCUT2D eigenvalue weighted by Crippen LogP contribution is -2.02. The van der Waals surface area contributed by atoms with Gasteiger partial charge in [-0.2, -0.15) is 0 Å². The third-order valence-corrected chi connectivity index (χ3v) is 17.2. The Morgan fingerprint density at radius 3 is 1.47 bits per heavy atom. The van der Waals surface area contributed by atoms with Gasteiger partial charge in [0, 0.05) is 99.2 Å². The van der Waals surface area contributed by atoms with Crippen LogP contribution < -0.4 is 0 Å². The minimum atomic E-state index is 0.631. The maximum atomic E-state index is 5.58. The van der Waals surface area contributed by atoms with Crippen LogP contribution in [0.2, 0.25) is 0 Å². The molecule has 0 radical (unpaired) electrons. The molecular weight excluding hydrogens is 885 g/mol. The molecule has 4 nitrogen and oxygen atoms in total. The van der Waals surface area contributed by atoms with Crippen molar-refractivity contribution in [1.82, 2.24) is 19.5 Å². The molecule has 68 heavy (non-hydrogen) atoms. The van der Waals surface area contributed by atoms with Crippen molar-refractivity contribution in [3.63, 3.8) is 0 Å². The molecule has 5 aromatic heterocycles. The van der Waals surface area contributed by atoms with Crippen molar-refractivity contribution in [1.29, 1.82) is 0 Å². The van der Waals surface area contributed by atoms with Gasteiger partial charge in [0.15, 0.2) is 17.5 Å². The van der Waals surface area contributed by atoms with E-state index >= 15 is 0 Å². The fourth-order valence-corrected chi connectivity index (χ4v) is 14.1. The predicted molar refractivity (Wildman–Crippen MR) is 292 cm³/mol. The summed E-state index contributed by atoms with van der Waals surface area (Å²) in [7, 11) is 0. The molecule has 0 saturated heterocycles.